The Morgan fingerprint density at radius 3 is 3.06 bits per heavy atom. The molecule has 0 spiro atoms. The van der Waals surface area contributed by atoms with Crippen LogP contribution in [-0.4, -0.2) is 10.7 Å². The van der Waals surface area contributed by atoms with Crippen molar-refractivity contribution in [3.63, 3.8) is 0 Å². The molecule has 1 unspecified atom stereocenters. The SMILES string of the molecule is CC#CC(C)OCn1cc[n+](C)c1CN=O. The quantitative estimate of drug-likeness (QED) is 0.423. The molecule has 0 saturated carbocycles. The van der Waals surface area contributed by atoms with Gasteiger partial charge < -0.3 is 4.74 Å². The number of ether oxygens (including phenoxy) is 1. The molecule has 0 aliphatic heterocycles. The van der Waals surface area contributed by atoms with Gasteiger partial charge in [0.05, 0.1) is 7.05 Å². The minimum absolute atomic E-state index is 0.116. The molecule has 5 heteroatoms. The first-order valence-electron chi connectivity index (χ1n) is 5.05. The van der Waals surface area contributed by atoms with Crippen molar-refractivity contribution in [1.29, 1.82) is 0 Å². The van der Waals surface area contributed by atoms with Crippen LogP contribution < -0.4 is 4.57 Å². The van der Waals surface area contributed by atoms with Crippen molar-refractivity contribution in [2.24, 2.45) is 12.2 Å². The van der Waals surface area contributed by atoms with E-state index in [4.69, 9.17) is 4.74 Å². The van der Waals surface area contributed by atoms with Crippen molar-refractivity contribution in [3.8, 4) is 11.8 Å². The van der Waals surface area contributed by atoms with Gasteiger partial charge in [-0.15, -0.1) is 5.92 Å². The van der Waals surface area contributed by atoms with Crippen LogP contribution in [0.4, 0.5) is 0 Å². The van der Waals surface area contributed by atoms with Crippen molar-refractivity contribution in [2.75, 3.05) is 0 Å². The Bertz CT molecular complexity index is 415. The highest BCUT2D eigenvalue weighted by Crippen LogP contribution is 2.00. The summed E-state index contributed by atoms with van der Waals surface area (Å²) in [7, 11) is 1.87. The minimum Gasteiger partial charge on any atom is -0.326 e. The molecule has 5 nitrogen and oxygen atoms in total. The topological polar surface area (TPSA) is 47.5 Å². The number of rotatable bonds is 5. The lowest BCUT2D eigenvalue weighted by Crippen LogP contribution is -2.32. The third kappa shape index (κ3) is 3.17. The van der Waals surface area contributed by atoms with Crippen molar-refractivity contribution in [1.82, 2.24) is 4.57 Å². The summed E-state index contributed by atoms with van der Waals surface area (Å²) in [6.45, 7) is 4.18. The van der Waals surface area contributed by atoms with E-state index in [0.29, 0.717) is 6.73 Å². The number of nitrogens with zero attached hydrogens (tertiary/aromatic N) is 3. The number of imidazole rings is 1. The normalized spacial score (nSPS) is 11.7. The highest BCUT2D eigenvalue weighted by atomic mass is 16.5. The largest absolute Gasteiger partial charge is 0.326 e. The predicted molar refractivity (Wildman–Crippen MR) is 59.1 cm³/mol. The van der Waals surface area contributed by atoms with E-state index in [9.17, 15) is 4.91 Å². The van der Waals surface area contributed by atoms with Crippen molar-refractivity contribution in [2.45, 2.75) is 33.2 Å². The fourth-order valence-corrected chi connectivity index (χ4v) is 1.37. The lowest BCUT2D eigenvalue weighted by molar-refractivity contribution is -0.679. The standard InChI is InChI=1S/C11H16N3O2/c1-4-5-10(2)16-9-14-7-6-13(3)11(14)8-12-15/h6-7,10H,8-9H2,1-3H3/q+1. The zero-order valence-corrected chi connectivity index (χ0v) is 9.80. The van der Waals surface area contributed by atoms with Gasteiger partial charge in [-0.3, -0.25) is 0 Å². The fourth-order valence-electron chi connectivity index (χ4n) is 1.37. The van der Waals surface area contributed by atoms with Gasteiger partial charge in [-0.1, -0.05) is 11.1 Å². The first-order valence-corrected chi connectivity index (χ1v) is 5.05. The summed E-state index contributed by atoms with van der Waals surface area (Å²) in [5.74, 6) is 6.50. The number of hydrogen-bond donors (Lipinski definition) is 0. The van der Waals surface area contributed by atoms with E-state index in [0.717, 1.165) is 5.82 Å². The minimum atomic E-state index is -0.116. The van der Waals surface area contributed by atoms with E-state index < -0.39 is 0 Å². The van der Waals surface area contributed by atoms with Crippen molar-refractivity contribution in [3.05, 3.63) is 23.1 Å². The number of aryl methyl sites for hydroxylation is 1. The van der Waals surface area contributed by atoms with Crippen LogP contribution in [-0.2, 0) is 25.1 Å². The molecule has 1 rings (SSSR count). The van der Waals surface area contributed by atoms with Crippen LogP contribution in [0.2, 0.25) is 0 Å². The summed E-state index contributed by atoms with van der Waals surface area (Å²) >= 11 is 0. The second kappa shape index (κ2) is 6.03. The first-order chi connectivity index (χ1) is 7.69. The molecule has 86 valence electrons. The smallest absolute Gasteiger partial charge is 0.283 e. The predicted octanol–water partition coefficient (Wildman–Crippen LogP) is 0.965. The molecule has 0 radical (unpaired) electrons. The number of hydrogen-bond acceptors (Lipinski definition) is 3. The molecular formula is C11H16N3O2+. The summed E-state index contributed by atoms with van der Waals surface area (Å²) in [5.41, 5.74) is 0. The van der Waals surface area contributed by atoms with Gasteiger partial charge in [0.2, 0.25) is 0 Å². The van der Waals surface area contributed by atoms with Crippen LogP contribution >= 0.6 is 0 Å². The molecule has 1 heterocycles. The maximum absolute atomic E-state index is 10.3. The molecule has 1 aromatic rings. The van der Waals surface area contributed by atoms with Gasteiger partial charge in [-0.25, -0.2) is 9.13 Å². The summed E-state index contributed by atoms with van der Waals surface area (Å²) < 4.78 is 9.19. The maximum Gasteiger partial charge on any atom is 0.283 e. The Hall–Kier alpha value is -1.67. The Labute approximate surface area is 95.0 Å². The lowest BCUT2D eigenvalue weighted by Gasteiger charge is -2.05. The van der Waals surface area contributed by atoms with E-state index in [1.807, 2.05) is 35.5 Å². The number of nitroso groups, excluding NO2 is 1. The highest BCUT2D eigenvalue weighted by molar-refractivity contribution is 5.00. The molecule has 0 amide bonds. The van der Waals surface area contributed by atoms with Crippen molar-refractivity contribution < 1.29 is 9.30 Å². The first kappa shape index (κ1) is 12.4. The van der Waals surface area contributed by atoms with Crippen LogP contribution in [0.25, 0.3) is 0 Å². The molecule has 0 N–H and O–H groups in total. The Kier molecular flexibility index (Phi) is 4.67. The van der Waals surface area contributed by atoms with Gasteiger partial charge in [-0.2, -0.15) is 4.91 Å². The molecular weight excluding hydrogens is 206 g/mol. The second-order valence-electron chi connectivity index (χ2n) is 3.41. The number of aromatic nitrogens is 2. The molecule has 0 saturated heterocycles. The molecule has 16 heavy (non-hydrogen) atoms. The Morgan fingerprint density at radius 2 is 2.44 bits per heavy atom. The van der Waals surface area contributed by atoms with Crippen LogP contribution in [0.5, 0.6) is 0 Å². The van der Waals surface area contributed by atoms with Crippen LogP contribution in [0.1, 0.15) is 19.7 Å². The molecule has 0 aromatic carbocycles. The molecule has 0 fully saturated rings. The van der Waals surface area contributed by atoms with Gasteiger partial charge in [0, 0.05) is 0 Å². The van der Waals surface area contributed by atoms with E-state index in [1.165, 1.54) is 0 Å². The maximum atomic E-state index is 10.3. The molecule has 1 aromatic heterocycles. The zero-order valence-electron chi connectivity index (χ0n) is 9.80. The lowest BCUT2D eigenvalue weighted by atomic mass is 10.4. The summed E-state index contributed by atoms with van der Waals surface area (Å²) in [5, 5.41) is 2.89. The highest BCUT2D eigenvalue weighted by Gasteiger charge is 2.14. The second-order valence-corrected chi connectivity index (χ2v) is 3.41. The summed E-state index contributed by atoms with van der Waals surface area (Å²) in [6.07, 6.45) is 3.60. The molecule has 0 bridgehead atoms. The molecule has 1 atom stereocenters. The molecule has 0 aliphatic carbocycles. The third-order valence-electron chi connectivity index (χ3n) is 2.23. The Balaban J connectivity index is 2.65. The van der Waals surface area contributed by atoms with Gasteiger partial charge in [0.1, 0.15) is 18.5 Å². The third-order valence-corrected chi connectivity index (χ3v) is 2.23. The summed E-state index contributed by atoms with van der Waals surface area (Å²) in [4.78, 5) is 10.3. The van der Waals surface area contributed by atoms with E-state index in [2.05, 4.69) is 17.0 Å². The average molecular weight is 222 g/mol. The van der Waals surface area contributed by atoms with E-state index in [-0.39, 0.29) is 12.6 Å². The monoisotopic (exact) mass is 222 g/mol. The average Bonchev–Trinajstić information content (AvgIpc) is 2.59. The van der Waals surface area contributed by atoms with Crippen LogP contribution in [0.3, 0.4) is 0 Å². The van der Waals surface area contributed by atoms with Crippen LogP contribution in [0, 0.1) is 16.7 Å². The van der Waals surface area contributed by atoms with E-state index in [1.54, 1.807) is 6.92 Å². The van der Waals surface area contributed by atoms with Gasteiger partial charge in [-0.05, 0) is 13.8 Å². The summed E-state index contributed by atoms with van der Waals surface area (Å²) in [6, 6.07) is 0. The van der Waals surface area contributed by atoms with E-state index >= 15 is 0 Å². The Morgan fingerprint density at radius 1 is 1.69 bits per heavy atom. The zero-order chi connectivity index (χ0) is 12.0. The van der Waals surface area contributed by atoms with Gasteiger partial charge >= 0.3 is 0 Å². The van der Waals surface area contributed by atoms with Crippen molar-refractivity contribution >= 4 is 0 Å². The fraction of sp³-hybridized carbons (Fsp3) is 0.545. The van der Waals surface area contributed by atoms with Gasteiger partial charge in [0.25, 0.3) is 5.82 Å². The van der Waals surface area contributed by atoms with Gasteiger partial charge in [0.15, 0.2) is 13.3 Å². The van der Waals surface area contributed by atoms with Crippen LogP contribution in [0.15, 0.2) is 17.6 Å². The molecule has 0 aliphatic rings.